The Morgan fingerprint density at radius 3 is 2.95 bits per heavy atom. The first-order valence-corrected chi connectivity index (χ1v) is 6.52. The Kier molecular flexibility index (Phi) is 4.89. The van der Waals surface area contributed by atoms with E-state index in [1.807, 2.05) is 0 Å². The summed E-state index contributed by atoms with van der Waals surface area (Å²) in [5, 5.41) is 0. The second kappa shape index (κ2) is 6.85. The van der Waals surface area contributed by atoms with Crippen molar-refractivity contribution in [3.8, 4) is 5.75 Å². The number of hydrogen-bond acceptors (Lipinski definition) is 5. The van der Waals surface area contributed by atoms with Crippen molar-refractivity contribution in [3.63, 3.8) is 0 Å². The quantitative estimate of drug-likeness (QED) is 0.841. The Hall–Kier alpha value is -2.41. The number of rotatable bonds is 6. The zero-order chi connectivity index (χ0) is 15.2. The Morgan fingerprint density at radius 1 is 1.48 bits per heavy atom. The van der Waals surface area contributed by atoms with Crippen LogP contribution in [-0.2, 0) is 0 Å². The van der Waals surface area contributed by atoms with Gasteiger partial charge in [-0.25, -0.2) is 9.37 Å². The van der Waals surface area contributed by atoms with Crippen molar-refractivity contribution in [2.75, 3.05) is 25.1 Å². The van der Waals surface area contributed by atoms with Gasteiger partial charge < -0.3 is 20.4 Å². The molecule has 3 N–H and O–H groups in total. The van der Waals surface area contributed by atoms with E-state index in [0.717, 1.165) is 0 Å². The number of nitrogens with two attached hydrogens (primary N) is 1. The van der Waals surface area contributed by atoms with Gasteiger partial charge in [-0.2, -0.15) is 0 Å². The molecule has 6 nitrogen and oxygen atoms in total. The van der Waals surface area contributed by atoms with Crippen LogP contribution in [0.2, 0.25) is 0 Å². The fourth-order valence-corrected chi connectivity index (χ4v) is 2.00. The maximum atomic E-state index is 13.5. The molecule has 7 heteroatoms. The highest BCUT2D eigenvalue weighted by molar-refractivity contribution is 5.64. The highest BCUT2D eigenvalue weighted by Crippen LogP contribution is 2.29. The summed E-state index contributed by atoms with van der Waals surface area (Å²) in [5.41, 5.74) is 5.73. The molecule has 0 bridgehead atoms. The van der Waals surface area contributed by atoms with Crippen molar-refractivity contribution in [3.05, 3.63) is 46.8 Å². The second-order valence-corrected chi connectivity index (χ2v) is 4.36. The zero-order valence-electron chi connectivity index (χ0n) is 11.7. The molecule has 0 saturated heterocycles. The van der Waals surface area contributed by atoms with Gasteiger partial charge in [0.25, 0.3) is 5.56 Å². The van der Waals surface area contributed by atoms with Crippen LogP contribution >= 0.6 is 0 Å². The van der Waals surface area contributed by atoms with Gasteiger partial charge in [0.05, 0.1) is 13.4 Å². The largest absolute Gasteiger partial charge is 0.488 e. The molecule has 1 aromatic heterocycles. The Balaban J connectivity index is 2.50. The van der Waals surface area contributed by atoms with E-state index in [1.165, 1.54) is 25.6 Å². The molecule has 21 heavy (non-hydrogen) atoms. The van der Waals surface area contributed by atoms with Crippen molar-refractivity contribution in [2.45, 2.75) is 6.42 Å². The molecule has 112 valence electrons. The molecule has 0 unspecified atom stereocenters. The van der Waals surface area contributed by atoms with Gasteiger partial charge in [0.15, 0.2) is 5.82 Å². The number of anilines is 2. The number of nitrogens with zero attached hydrogens (tertiary/aromatic N) is 2. The van der Waals surface area contributed by atoms with Crippen LogP contribution in [0.25, 0.3) is 0 Å². The molecule has 0 aliphatic carbocycles. The highest BCUT2D eigenvalue weighted by Gasteiger charge is 2.18. The number of benzene rings is 1. The number of aromatic amines is 1. The first-order chi connectivity index (χ1) is 10.2. The molecule has 2 rings (SSSR count). The molecule has 0 spiro atoms. The minimum absolute atomic E-state index is 0.0822. The normalized spacial score (nSPS) is 10.4. The molecule has 1 heterocycles. The van der Waals surface area contributed by atoms with Crippen LogP contribution in [0.3, 0.4) is 0 Å². The van der Waals surface area contributed by atoms with Gasteiger partial charge >= 0.3 is 0 Å². The van der Waals surface area contributed by atoms with Crippen LogP contribution in [-0.4, -0.2) is 30.2 Å². The smallest absolute Gasteiger partial charge is 0.295 e. The van der Waals surface area contributed by atoms with Gasteiger partial charge in [0.2, 0.25) is 5.75 Å². The monoisotopic (exact) mass is 292 g/mol. The lowest BCUT2D eigenvalue weighted by molar-refractivity contribution is 0.406. The van der Waals surface area contributed by atoms with Crippen LogP contribution in [0.5, 0.6) is 5.75 Å². The van der Waals surface area contributed by atoms with Gasteiger partial charge in [0.1, 0.15) is 5.82 Å². The molecule has 0 amide bonds. The van der Waals surface area contributed by atoms with Gasteiger partial charge in [-0.3, -0.25) is 4.79 Å². The summed E-state index contributed by atoms with van der Waals surface area (Å²) in [7, 11) is 1.39. The zero-order valence-corrected chi connectivity index (χ0v) is 11.7. The van der Waals surface area contributed by atoms with E-state index in [0.29, 0.717) is 31.0 Å². The number of H-pyrrole nitrogens is 1. The molecular weight excluding hydrogens is 275 g/mol. The Labute approximate surface area is 121 Å². The summed E-state index contributed by atoms with van der Waals surface area (Å²) in [4.78, 5) is 20.1. The molecular formula is C14H17FN4O2. The summed E-state index contributed by atoms with van der Waals surface area (Å²) in [6.07, 6.45) is 1.95. The van der Waals surface area contributed by atoms with E-state index < -0.39 is 5.56 Å². The van der Waals surface area contributed by atoms with Crippen LogP contribution < -0.4 is 20.9 Å². The van der Waals surface area contributed by atoms with Crippen molar-refractivity contribution >= 4 is 11.5 Å². The Morgan fingerprint density at radius 2 is 2.29 bits per heavy atom. The number of halogens is 1. The third-order valence-electron chi connectivity index (χ3n) is 2.96. The summed E-state index contributed by atoms with van der Waals surface area (Å²) in [6, 6.07) is 6.06. The van der Waals surface area contributed by atoms with E-state index in [9.17, 15) is 9.18 Å². The van der Waals surface area contributed by atoms with Crippen molar-refractivity contribution in [1.29, 1.82) is 0 Å². The van der Waals surface area contributed by atoms with Crippen LogP contribution in [0.1, 0.15) is 6.42 Å². The fraction of sp³-hybridized carbons (Fsp3) is 0.286. The first kappa shape index (κ1) is 15.0. The van der Waals surface area contributed by atoms with Crippen LogP contribution in [0.15, 0.2) is 35.4 Å². The number of hydrogen-bond donors (Lipinski definition) is 2. The molecule has 0 aliphatic heterocycles. The van der Waals surface area contributed by atoms with E-state index in [4.69, 9.17) is 10.5 Å². The number of ether oxygens (including phenoxy) is 1. The maximum absolute atomic E-state index is 13.5. The highest BCUT2D eigenvalue weighted by atomic mass is 19.1. The molecule has 0 aliphatic rings. The third-order valence-corrected chi connectivity index (χ3v) is 2.96. The third kappa shape index (κ3) is 3.38. The summed E-state index contributed by atoms with van der Waals surface area (Å²) >= 11 is 0. The van der Waals surface area contributed by atoms with Gasteiger partial charge in [-0.15, -0.1) is 0 Å². The summed E-state index contributed by atoms with van der Waals surface area (Å²) in [6.45, 7) is 0.962. The fourth-order valence-electron chi connectivity index (χ4n) is 2.00. The number of methoxy groups -OCH3 is 1. The SMILES string of the molecule is COc1c(N(CCCN)c2cccc(F)c2)nc[nH]c1=O. The van der Waals surface area contributed by atoms with Crippen molar-refractivity contribution in [2.24, 2.45) is 5.73 Å². The maximum Gasteiger partial charge on any atom is 0.295 e. The first-order valence-electron chi connectivity index (χ1n) is 6.52. The van der Waals surface area contributed by atoms with Crippen molar-refractivity contribution < 1.29 is 9.13 Å². The van der Waals surface area contributed by atoms with Gasteiger partial charge in [-0.05, 0) is 31.2 Å². The lowest BCUT2D eigenvalue weighted by Crippen LogP contribution is -2.25. The van der Waals surface area contributed by atoms with E-state index in [-0.39, 0.29) is 11.6 Å². The number of aromatic nitrogens is 2. The number of nitrogens with one attached hydrogen (secondary N) is 1. The molecule has 0 saturated carbocycles. The lowest BCUT2D eigenvalue weighted by atomic mass is 10.2. The van der Waals surface area contributed by atoms with Gasteiger partial charge in [-0.1, -0.05) is 6.07 Å². The molecule has 0 fully saturated rings. The van der Waals surface area contributed by atoms with Crippen molar-refractivity contribution in [1.82, 2.24) is 9.97 Å². The predicted octanol–water partition coefficient (Wildman–Crippen LogP) is 1.40. The molecule has 0 atom stereocenters. The summed E-state index contributed by atoms with van der Waals surface area (Å²) < 4.78 is 18.6. The molecule has 2 aromatic rings. The lowest BCUT2D eigenvalue weighted by Gasteiger charge is -2.24. The average molecular weight is 292 g/mol. The topological polar surface area (TPSA) is 84.2 Å². The predicted molar refractivity (Wildman–Crippen MR) is 78.5 cm³/mol. The molecule has 0 radical (unpaired) electrons. The van der Waals surface area contributed by atoms with E-state index in [1.54, 1.807) is 17.0 Å². The minimum atomic E-state index is -0.392. The minimum Gasteiger partial charge on any atom is -0.488 e. The standard InChI is InChI=1S/C14H17FN4O2/c1-21-12-13(17-9-18-14(12)20)19(7-3-6-16)11-5-2-4-10(15)8-11/h2,4-5,8-9H,3,6-7,16H2,1H3,(H,17,18,20). The molecule has 1 aromatic carbocycles. The van der Waals surface area contributed by atoms with Gasteiger partial charge in [0, 0.05) is 12.2 Å². The van der Waals surface area contributed by atoms with Crippen LogP contribution in [0.4, 0.5) is 15.9 Å². The average Bonchev–Trinajstić information content (AvgIpc) is 2.48. The van der Waals surface area contributed by atoms with Crippen LogP contribution in [0, 0.1) is 5.82 Å². The van der Waals surface area contributed by atoms with E-state index >= 15 is 0 Å². The summed E-state index contributed by atoms with van der Waals surface area (Å²) in [5.74, 6) is 0.0492. The van der Waals surface area contributed by atoms with E-state index in [2.05, 4.69) is 9.97 Å². The second-order valence-electron chi connectivity index (χ2n) is 4.36. The Bertz CT molecular complexity index is 659.